The van der Waals surface area contributed by atoms with Gasteiger partial charge in [0.15, 0.2) is 0 Å². The summed E-state index contributed by atoms with van der Waals surface area (Å²) in [4.78, 5) is 21.8. The third-order valence-corrected chi connectivity index (χ3v) is 5.06. The van der Waals surface area contributed by atoms with E-state index in [1.165, 1.54) is 6.08 Å². The molecule has 0 fully saturated rings. The van der Waals surface area contributed by atoms with Gasteiger partial charge in [0, 0.05) is 25.9 Å². The second kappa shape index (κ2) is 18.1. The maximum atomic E-state index is 9.93. The van der Waals surface area contributed by atoms with E-state index in [0.717, 1.165) is 12.5 Å². The second-order valence-electron chi connectivity index (χ2n) is 3.16. The molecule has 7 nitrogen and oxygen atoms in total. The summed E-state index contributed by atoms with van der Waals surface area (Å²) in [6.45, 7) is 7.93. The average molecular weight is 323 g/mol. The Labute approximate surface area is 125 Å². The highest BCUT2D eigenvalue weighted by Gasteiger charge is 2.39. The van der Waals surface area contributed by atoms with E-state index < -0.39 is 8.80 Å². The smallest absolute Gasteiger partial charge is 0.374 e. The van der Waals surface area contributed by atoms with E-state index in [1.54, 1.807) is 0 Å². The van der Waals surface area contributed by atoms with Crippen LogP contribution in [0, 0.1) is 5.41 Å². The lowest BCUT2D eigenvalue weighted by atomic mass is 10.5. The minimum atomic E-state index is -2.54. The molecular formula is C11H26N2O5Si2. The predicted molar refractivity (Wildman–Crippen MR) is 82.8 cm³/mol. The zero-order valence-electron chi connectivity index (χ0n) is 11.7. The van der Waals surface area contributed by atoms with Crippen LogP contribution in [0.5, 0.6) is 0 Å². The van der Waals surface area contributed by atoms with Crippen LogP contribution >= 0.6 is 0 Å². The number of hydrogen-bond acceptors (Lipinski definition) is 7. The number of nitrogens with zero attached hydrogens (tertiary/aromatic N) is 1. The Bertz CT molecular complexity index is 276. The second-order valence-corrected chi connectivity index (χ2v) is 5.89. The normalized spacial score (nSPS) is 9.35. The van der Waals surface area contributed by atoms with Crippen LogP contribution in [0.3, 0.4) is 0 Å². The summed E-state index contributed by atoms with van der Waals surface area (Å²) in [6, 6.07) is 0.688. The van der Waals surface area contributed by atoms with Gasteiger partial charge in [-0.2, -0.15) is 0 Å². The lowest BCUT2D eigenvalue weighted by Gasteiger charge is -2.28. The zero-order valence-corrected chi connectivity index (χ0v) is 12.7. The largest absolute Gasteiger partial charge is 0.500 e. The molecule has 0 unspecified atom stereocenters. The van der Waals surface area contributed by atoms with E-state index in [4.69, 9.17) is 23.5 Å². The molecule has 0 aliphatic heterocycles. The molecule has 0 bridgehead atoms. The number of aliphatic imine (C=N–C) groups is 1. The van der Waals surface area contributed by atoms with E-state index >= 15 is 0 Å². The summed E-state index contributed by atoms with van der Waals surface area (Å²) in [5.41, 5.74) is 0. The molecule has 0 aromatic carbocycles. The summed E-state index contributed by atoms with van der Waals surface area (Å²) in [7, 11) is -2.54. The SMILES string of the molecule is CCO[Si](CCCN=C=O)(OCC)OCC.N=C=O.[SiH4]. The summed E-state index contributed by atoms with van der Waals surface area (Å²) < 4.78 is 16.9. The number of carbonyl (C=O) groups excluding carboxylic acids is 2. The van der Waals surface area contributed by atoms with Crippen LogP contribution in [-0.2, 0) is 22.9 Å². The highest BCUT2D eigenvalue weighted by Crippen LogP contribution is 2.17. The van der Waals surface area contributed by atoms with E-state index in [-0.39, 0.29) is 11.0 Å². The molecule has 0 aromatic heterocycles. The topological polar surface area (TPSA) is 98.0 Å². The quantitative estimate of drug-likeness (QED) is 0.268. The number of hydrogen-bond donors (Lipinski definition) is 1. The molecule has 0 spiro atoms. The standard InChI is InChI=1S/C10H21NO4Si.CHNO.H4Si/c1-4-13-16(14-5-2,15-6-3)9-7-8-11-10-12;2-1-3;/h4-9H2,1-3H3;2H;1H4. The zero-order chi connectivity index (χ0) is 15.0. The Kier molecular flexibility index (Phi) is 21.8. The Hall–Kier alpha value is -0.926. The molecule has 9 heteroatoms. The first-order chi connectivity index (χ1) is 9.16. The highest BCUT2D eigenvalue weighted by molar-refractivity contribution is 6.60. The third kappa shape index (κ3) is 13.5. The molecule has 118 valence electrons. The molecule has 0 rings (SSSR count). The van der Waals surface area contributed by atoms with Crippen LogP contribution < -0.4 is 0 Å². The molecule has 0 atom stereocenters. The monoisotopic (exact) mass is 322 g/mol. The van der Waals surface area contributed by atoms with E-state index in [9.17, 15) is 4.79 Å². The first-order valence-corrected chi connectivity index (χ1v) is 8.08. The molecule has 1 N–H and O–H groups in total. The maximum Gasteiger partial charge on any atom is 0.500 e. The van der Waals surface area contributed by atoms with E-state index in [2.05, 4.69) is 4.99 Å². The summed E-state index contributed by atoms with van der Waals surface area (Å²) in [5, 5.41) is 5.40. The Morgan fingerprint density at radius 1 is 1.05 bits per heavy atom. The molecular weight excluding hydrogens is 296 g/mol. The van der Waals surface area contributed by atoms with Crippen LogP contribution in [0.4, 0.5) is 0 Å². The first-order valence-electron chi connectivity index (χ1n) is 6.15. The van der Waals surface area contributed by atoms with Gasteiger partial charge in [-0.15, -0.1) is 0 Å². The Morgan fingerprint density at radius 2 is 1.45 bits per heavy atom. The van der Waals surface area contributed by atoms with Crippen molar-refractivity contribution in [2.75, 3.05) is 26.4 Å². The molecule has 0 aromatic rings. The summed E-state index contributed by atoms with van der Waals surface area (Å²) in [5.74, 6) is 0. The fourth-order valence-corrected chi connectivity index (χ4v) is 4.02. The lowest BCUT2D eigenvalue weighted by Crippen LogP contribution is -2.46. The molecule has 0 radical (unpaired) electrons. The molecule has 0 amide bonds. The summed E-state index contributed by atoms with van der Waals surface area (Å²) >= 11 is 0. The van der Waals surface area contributed by atoms with Gasteiger partial charge in [-0.05, 0) is 38.2 Å². The third-order valence-electron chi connectivity index (χ3n) is 1.91. The van der Waals surface area contributed by atoms with Crippen LogP contribution in [0.1, 0.15) is 27.2 Å². The van der Waals surface area contributed by atoms with Crippen LogP contribution in [0.15, 0.2) is 4.99 Å². The van der Waals surface area contributed by atoms with Gasteiger partial charge in [0.05, 0.1) is 6.54 Å². The van der Waals surface area contributed by atoms with Crippen molar-refractivity contribution < 1.29 is 22.9 Å². The molecule has 20 heavy (non-hydrogen) atoms. The summed E-state index contributed by atoms with van der Waals surface area (Å²) in [6.07, 6.45) is 2.99. The Balaban J connectivity index is -0.000000657. The fourth-order valence-electron chi connectivity index (χ4n) is 1.42. The first kappa shape index (κ1) is 24.1. The van der Waals surface area contributed by atoms with Crippen LogP contribution in [0.25, 0.3) is 0 Å². The minimum Gasteiger partial charge on any atom is -0.374 e. The number of nitrogens with one attached hydrogen (secondary N) is 1. The van der Waals surface area contributed by atoms with Gasteiger partial charge in [0.1, 0.15) is 0 Å². The van der Waals surface area contributed by atoms with Gasteiger partial charge in [0.2, 0.25) is 12.2 Å². The van der Waals surface area contributed by atoms with Crippen LogP contribution in [0.2, 0.25) is 6.04 Å². The van der Waals surface area contributed by atoms with Crippen molar-refractivity contribution in [2.45, 2.75) is 33.2 Å². The minimum absolute atomic E-state index is 0. The van der Waals surface area contributed by atoms with Gasteiger partial charge in [-0.25, -0.2) is 20.0 Å². The van der Waals surface area contributed by atoms with Crippen molar-refractivity contribution in [3.05, 3.63) is 0 Å². The lowest BCUT2D eigenvalue weighted by molar-refractivity contribution is 0.0710. The van der Waals surface area contributed by atoms with Crippen molar-refractivity contribution in [1.82, 2.24) is 0 Å². The molecule has 0 heterocycles. The van der Waals surface area contributed by atoms with Crippen molar-refractivity contribution in [2.24, 2.45) is 4.99 Å². The van der Waals surface area contributed by atoms with Crippen molar-refractivity contribution in [1.29, 1.82) is 5.41 Å². The number of rotatable bonds is 10. The van der Waals surface area contributed by atoms with Crippen molar-refractivity contribution >= 4 is 31.9 Å². The van der Waals surface area contributed by atoms with Crippen molar-refractivity contribution in [3.8, 4) is 0 Å². The van der Waals surface area contributed by atoms with Gasteiger partial charge in [-0.1, -0.05) is 0 Å². The highest BCUT2D eigenvalue weighted by atomic mass is 28.4. The van der Waals surface area contributed by atoms with Crippen molar-refractivity contribution in [3.63, 3.8) is 0 Å². The van der Waals surface area contributed by atoms with E-state index in [0.29, 0.717) is 32.4 Å². The van der Waals surface area contributed by atoms with Gasteiger partial charge in [-0.3, -0.25) is 0 Å². The Morgan fingerprint density at radius 3 is 1.75 bits per heavy atom. The van der Waals surface area contributed by atoms with Gasteiger partial charge >= 0.3 is 8.80 Å². The molecule has 0 aliphatic carbocycles. The van der Waals surface area contributed by atoms with Gasteiger partial charge < -0.3 is 13.3 Å². The molecule has 0 aliphatic rings. The molecule has 0 saturated carbocycles. The number of isocyanates is 2. The molecule has 0 saturated heterocycles. The maximum absolute atomic E-state index is 9.93. The predicted octanol–water partition coefficient (Wildman–Crippen LogP) is 0.210. The van der Waals surface area contributed by atoms with Crippen LogP contribution in [-0.4, -0.2) is 58.3 Å². The average Bonchev–Trinajstić information content (AvgIpc) is 2.37. The van der Waals surface area contributed by atoms with Gasteiger partial charge in [0.25, 0.3) is 0 Å². The van der Waals surface area contributed by atoms with E-state index in [1.807, 2.05) is 20.8 Å². The fraction of sp³-hybridized carbons (Fsp3) is 0.818.